The van der Waals surface area contributed by atoms with E-state index in [1.54, 1.807) is 5.41 Å². The van der Waals surface area contributed by atoms with Crippen LogP contribution in [0.15, 0.2) is 17.5 Å². The second-order valence-corrected chi connectivity index (χ2v) is 5.99. The number of thiol groups is 2. The van der Waals surface area contributed by atoms with Gasteiger partial charge in [0.25, 0.3) is 0 Å². The van der Waals surface area contributed by atoms with E-state index in [-0.39, 0.29) is 5.41 Å². The molecule has 0 saturated heterocycles. The van der Waals surface area contributed by atoms with Crippen molar-refractivity contribution in [1.82, 2.24) is 0 Å². The molecule has 0 aliphatic heterocycles. The fourth-order valence-electron chi connectivity index (χ4n) is 1.87. The first-order valence-electron chi connectivity index (χ1n) is 5.43. The van der Waals surface area contributed by atoms with Crippen molar-refractivity contribution in [2.75, 3.05) is 0 Å². The van der Waals surface area contributed by atoms with Gasteiger partial charge in [0, 0.05) is 4.91 Å². The fraction of sp³-hybridized carbons (Fsp3) is 0.429. The molecule has 0 aliphatic carbocycles. The van der Waals surface area contributed by atoms with Gasteiger partial charge in [0.1, 0.15) is 0 Å². The Hall–Kier alpha value is -0.340. The molecule has 1 aromatic rings. The average Bonchev–Trinajstić information content (AvgIpc) is 2.14. The van der Waals surface area contributed by atoms with Crippen molar-refractivity contribution in [3.05, 3.63) is 39.8 Å². The van der Waals surface area contributed by atoms with Gasteiger partial charge in [0.05, 0.1) is 0 Å². The summed E-state index contributed by atoms with van der Waals surface area (Å²) < 4.78 is 0. The predicted molar refractivity (Wildman–Crippen MR) is 80.6 cm³/mol. The maximum atomic E-state index is 4.45. The van der Waals surface area contributed by atoms with E-state index in [2.05, 4.69) is 72.0 Å². The SMILES string of the molecule is Cc1cc(C(C)(C)C)cc(C)c1C(S)=CS. The number of rotatable bonds is 1. The molecule has 0 saturated carbocycles. The van der Waals surface area contributed by atoms with E-state index in [4.69, 9.17) is 0 Å². The highest BCUT2D eigenvalue weighted by Gasteiger charge is 2.16. The van der Waals surface area contributed by atoms with E-state index >= 15 is 0 Å². The quantitative estimate of drug-likeness (QED) is 0.662. The van der Waals surface area contributed by atoms with Gasteiger partial charge in [-0.2, -0.15) is 12.6 Å². The molecule has 1 rings (SSSR count). The minimum Gasteiger partial charge on any atom is -0.150 e. The third-order valence-electron chi connectivity index (χ3n) is 2.78. The van der Waals surface area contributed by atoms with Crippen molar-refractivity contribution in [3.63, 3.8) is 0 Å². The first kappa shape index (κ1) is 13.7. The van der Waals surface area contributed by atoms with Crippen LogP contribution in [0, 0.1) is 13.8 Å². The lowest BCUT2D eigenvalue weighted by Gasteiger charge is -2.22. The normalized spacial score (nSPS) is 13.1. The summed E-state index contributed by atoms with van der Waals surface area (Å²) in [6.07, 6.45) is 0. The van der Waals surface area contributed by atoms with Gasteiger partial charge in [-0.3, -0.25) is 0 Å². The third-order valence-corrected chi connectivity index (χ3v) is 3.59. The van der Waals surface area contributed by atoms with Crippen LogP contribution in [-0.2, 0) is 5.41 Å². The molecule has 1 aromatic carbocycles. The van der Waals surface area contributed by atoms with Crippen LogP contribution in [0.1, 0.15) is 43.0 Å². The van der Waals surface area contributed by atoms with E-state index in [1.807, 2.05) is 0 Å². The van der Waals surface area contributed by atoms with Gasteiger partial charge in [0.15, 0.2) is 0 Å². The molecule has 88 valence electrons. The van der Waals surface area contributed by atoms with Gasteiger partial charge in [-0.1, -0.05) is 32.9 Å². The standard InChI is InChI=1S/C14H20S2/c1-9-6-11(14(3,4)5)7-10(2)13(9)12(16)8-15/h6-8,15-16H,1-5H3. The van der Waals surface area contributed by atoms with Crippen molar-refractivity contribution in [2.24, 2.45) is 0 Å². The van der Waals surface area contributed by atoms with Crippen LogP contribution >= 0.6 is 25.3 Å². The van der Waals surface area contributed by atoms with Crippen LogP contribution in [0.5, 0.6) is 0 Å². The number of aryl methyl sites for hydroxylation is 2. The molecule has 0 bridgehead atoms. The van der Waals surface area contributed by atoms with Gasteiger partial charge < -0.3 is 0 Å². The summed E-state index contributed by atoms with van der Waals surface area (Å²) in [6, 6.07) is 4.49. The molecule has 0 aliphatic rings. The third kappa shape index (κ3) is 2.86. The van der Waals surface area contributed by atoms with Crippen molar-refractivity contribution < 1.29 is 0 Å². The number of hydrogen-bond donors (Lipinski definition) is 2. The molecule has 0 N–H and O–H groups in total. The zero-order valence-electron chi connectivity index (χ0n) is 10.6. The van der Waals surface area contributed by atoms with E-state index in [0.717, 1.165) is 4.91 Å². The maximum absolute atomic E-state index is 4.45. The van der Waals surface area contributed by atoms with Crippen LogP contribution in [0.4, 0.5) is 0 Å². The van der Waals surface area contributed by atoms with Crippen LogP contribution in [-0.4, -0.2) is 0 Å². The van der Waals surface area contributed by atoms with Crippen molar-refractivity contribution in [1.29, 1.82) is 0 Å². The monoisotopic (exact) mass is 252 g/mol. The Bertz CT molecular complexity index is 400. The van der Waals surface area contributed by atoms with Crippen molar-refractivity contribution >= 4 is 30.2 Å². The van der Waals surface area contributed by atoms with E-state index in [9.17, 15) is 0 Å². The molecule has 2 heteroatoms. The molecular formula is C14H20S2. The van der Waals surface area contributed by atoms with Crippen LogP contribution < -0.4 is 0 Å². The van der Waals surface area contributed by atoms with Crippen LogP contribution in [0.25, 0.3) is 4.91 Å². The van der Waals surface area contributed by atoms with Crippen LogP contribution in [0.2, 0.25) is 0 Å². The summed E-state index contributed by atoms with van der Waals surface area (Å²) in [5.74, 6) is 0. The Kier molecular flexibility index (Phi) is 4.19. The zero-order chi connectivity index (χ0) is 12.5. The second kappa shape index (κ2) is 4.89. The number of hydrogen-bond acceptors (Lipinski definition) is 2. The zero-order valence-corrected chi connectivity index (χ0v) is 12.4. The fourth-order valence-corrected chi connectivity index (χ4v) is 2.35. The first-order valence-corrected chi connectivity index (χ1v) is 6.39. The van der Waals surface area contributed by atoms with Gasteiger partial charge in [-0.25, -0.2) is 0 Å². The molecule has 0 unspecified atom stereocenters. The molecular weight excluding hydrogens is 232 g/mol. The van der Waals surface area contributed by atoms with Gasteiger partial charge in [-0.05, 0) is 46.9 Å². The average molecular weight is 252 g/mol. The maximum Gasteiger partial charge on any atom is 0.0179 e. The smallest absolute Gasteiger partial charge is 0.0179 e. The summed E-state index contributed by atoms with van der Waals surface area (Å²) in [7, 11) is 0. The summed E-state index contributed by atoms with van der Waals surface area (Å²) >= 11 is 8.62. The summed E-state index contributed by atoms with van der Waals surface area (Å²) in [6.45, 7) is 11.0. The summed E-state index contributed by atoms with van der Waals surface area (Å²) in [5, 5.41) is 1.75. The largest absolute Gasteiger partial charge is 0.150 e. The Morgan fingerprint density at radius 2 is 1.56 bits per heavy atom. The Morgan fingerprint density at radius 3 is 1.88 bits per heavy atom. The Morgan fingerprint density at radius 1 is 1.12 bits per heavy atom. The molecule has 0 nitrogen and oxygen atoms in total. The van der Waals surface area contributed by atoms with Crippen molar-refractivity contribution in [2.45, 2.75) is 40.0 Å². The van der Waals surface area contributed by atoms with E-state index in [0.29, 0.717) is 0 Å². The molecule has 0 spiro atoms. The summed E-state index contributed by atoms with van der Waals surface area (Å²) in [4.78, 5) is 0.929. The minimum atomic E-state index is 0.190. The molecule has 0 amide bonds. The molecule has 0 fully saturated rings. The molecule has 0 atom stereocenters. The predicted octanol–water partition coefficient (Wildman–Crippen LogP) is 4.76. The molecule has 0 aromatic heterocycles. The first-order chi connectivity index (χ1) is 7.27. The Balaban J connectivity index is 3.40. The lowest BCUT2D eigenvalue weighted by Crippen LogP contribution is -2.12. The highest BCUT2D eigenvalue weighted by Crippen LogP contribution is 2.31. The number of benzene rings is 1. The van der Waals surface area contributed by atoms with Crippen LogP contribution in [0.3, 0.4) is 0 Å². The second-order valence-electron chi connectivity index (χ2n) is 5.25. The Labute approximate surface area is 110 Å². The van der Waals surface area contributed by atoms with Crippen molar-refractivity contribution in [3.8, 4) is 0 Å². The van der Waals surface area contributed by atoms with E-state index < -0.39 is 0 Å². The topological polar surface area (TPSA) is 0 Å². The minimum absolute atomic E-state index is 0.190. The van der Waals surface area contributed by atoms with E-state index in [1.165, 1.54) is 22.3 Å². The van der Waals surface area contributed by atoms with Gasteiger partial charge in [0.2, 0.25) is 0 Å². The lowest BCUT2D eigenvalue weighted by molar-refractivity contribution is 0.589. The van der Waals surface area contributed by atoms with Gasteiger partial charge >= 0.3 is 0 Å². The molecule has 0 heterocycles. The molecule has 0 radical (unpaired) electrons. The van der Waals surface area contributed by atoms with Gasteiger partial charge in [-0.15, -0.1) is 12.6 Å². The lowest BCUT2D eigenvalue weighted by atomic mass is 9.84. The molecule has 16 heavy (non-hydrogen) atoms. The summed E-state index contributed by atoms with van der Waals surface area (Å²) in [5.41, 5.74) is 5.29. The highest BCUT2D eigenvalue weighted by atomic mass is 32.1. The highest BCUT2D eigenvalue weighted by molar-refractivity contribution is 7.92.